The first-order chi connectivity index (χ1) is 13.5. The van der Waals surface area contributed by atoms with Crippen LogP contribution in [0.2, 0.25) is 0 Å². The third-order valence-corrected chi connectivity index (χ3v) is 4.68. The molecule has 0 radical (unpaired) electrons. The Morgan fingerprint density at radius 3 is 2.39 bits per heavy atom. The van der Waals surface area contributed by atoms with E-state index in [1.165, 1.54) is 6.07 Å². The van der Waals surface area contributed by atoms with Gasteiger partial charge in [-0.05, 0) is 31.9 Å². The van der Waals surface area contributed by atoms with Gasteiger partial charge in [-0.1, -0.05) is 18.2 Å². The van der Waals surface area contributed by atoms with Gasteiger partial charge in [0.05, 0.1) is 26.4 Å². The highest BCUT2D eigenvalue weighted by Gasteiger charge is 2.27. The highest BCUT2D eigenvalue weighted by Crippen LogP contribution is 2.30. The number of benzene rings is 1. The van der Waals surface area contributed by atoms with Crippen molar-refractivity contribution >= 4 is 0 Å². The predicted octanol–water partition coefficient (Wildman–Crippen LogP) is 4.43. The second-order valence-electron chi connectivity index (χ2n) is 6.89. The Labute approximate surface area is 162 Å². The molecule has 0 N–H and O–H groups in total. The van der Waals surface area contributed by atoms with E-state index in [1.807, 2.05) is 13.0 Å². The lowest BCUT2D eigenvalue weighted by Gasteiger charge is -2.32. The topological polar surface area (TPSA) is 46.2 Å². The molecule has 0 unspecified atom stereocenters. The van der Waals surface area contributed by atoms with Crippen LogP contribution in [0, 0.1) is 17.7 Å². The fourth-order valence-electron chi connectivity index (χ4n) is 3.24. The van der Waals surface area contributed by atoms with Crippen LogP contribution in [0.5, 0.6) is 5.75 Å². The van der Waals surface area contributed by atoms with Crippen molar-refractivity contribution in [3.8, 4) is 5.75 Å². The maximum atomic E-state index is 13.8. The summed E-state index contributed by atoms with van der Waals surface area (Å²) in [6.07, 6.45) is 4.70. The molecule has 0 aromatic heterocycles. The van der Waals surface area contributed by atoms with Gasteiger partial charge in [-0.15, -0.1) is 0 Å². The van der Waals surface area contributed by atoms with Crippen LogP contribution in [-0.4, -0.2) is 39.3 Å². The summed E-state index contributed by atoms with van der Waals surface area (Å²) in [6, 6.07) is 3.69. The molecule has 1 aromatic rings. The molecule has 0 bridgehead atoms. The minimum absolute atomic E-state index is 0.183. The van der Waals surface area contributed by atoms with Crippen LogP contribution in [0.4, 0.5) is 13.2 Å². The number of hydrogen-bond donors (Lipinski definition) is 0. The van der Waals surface area contributed by atoms with Gasteiger partial charge in [0, 0.05) is 17.4 Å². The molecule has 2 fully saturated rings. The number of hydrogen-bond acceptors (Lipinski definition) is 5. The molecule has 2 heterocycles. The number of alkyl halides is 2. The van der Waals surface area contributed by atoms with E-state index in [0.717, 1.165) is 25.0 Å². The largest absolute Gasteiger partial charge is 0.432 e. The van der Waals surface area contributed by atoms with Gasteiger partial charge in [-0.2, -0.15) is 8.78 Å². The Kier molecular flexibility index (Phi) is 7.73. The Balaban J connectivity index is 1.40. The van der Waals surface area contributed by atoms with Crippen LogP contribution in [-0.2, 0) is 18.9 Å². The van der Waals surface area contributed by atoms with E-state index in [9.17, 15) is 13.2 Å². The second-order valence-corrected chi connectivity index (χ2v) is 6.89. The fourth-order valence-corrected chi connectivity index (χ4v) is 3.24. The van der Waals surface area contributed by atoms with Crippen molar-refractivity contribution in [2.75, 3.05) is 26.4 Å². The normalized spacial score (nSPS) is 28.8. The van der Waals surface area contributed by atoms with Gasteiger partial charge in [0.25, 0.3) is 0 Å². The molecular weight excluding hydrogens is 377 g/mol. The van der Waals surface area contributed by atoms with E-state index in [1.54, 1.807) is 0 Å². The van der Waals surface area contributed by atoms with Crippen molar-refractivity contribution in [1.82, 2.24) is 0 Å². The predicted molar refractivity (Wildman–Crippen MR) is 94.4 cm³/mol. The van der Waals surface area contributed by atoms with E-state index < -0.39 is 24.5 Å². The highest BCUT2D eigenvalue weighted by atomic mass is 19.3. The summed E-state index contributed by atoms with van der Waals surface area (Å²) in [7, 11) is 0. The molecule has 156 valence electrons. The van der Waals surface area contributed by atoms with Crippen molar-refractivity contribution in [3.05, 3.63) is 41.7 Å². The molecule has 0 saturated carbocycles. The molecule has 2 saturated heterocycles. The molecule has 0 aliphatic carbocycles. The van der Waals surface area contributed by atoms with Gasteiger partial charge in [0.15, 0.2) is 24.1 Å². The first kappa shape index (κ1) is 21.1. The van der Waals surface area contributed by atoms with Crippen LogP contribution in [0.1, 0.15) is 31.6 Å². The van der Waals surface area contributed by atoms with E-state index in [-0.39, 0.29) is 12.2 Å². The maximum Gasteiger partial charge on any atom is 0.387 e. The van der Waals surface area contributed by atoms with E-state index in [4.69, 9.17) is 18.9 Å². The first-order valence-corrected chi connectivity index (χ1v) is 9.38. The highest BCUT2D eigenvalue weighted by molar-refractivity contribution is 5.30. The summed E-state index contributed by atoms with van der Waals surface area (Å²) >= 11 is 0. The zero-order chi connectivity index (χ0) is 19.9. The molecule has 1 aromatic carbocycles. The van der Waals surface area contributed by atoms with E-state index in [0.29, 0.717) is 37.9 Å². The number of halogens is 3. The first-order valence-electron chi connectivity index (χ1n) is 9.38. The zero-order valence-electron chi connectivity index (χ0n) is 15.7. The summed E-state index contributed by atoms with van der Waals surface area (Å²) in [4.78, 5) is 0. The van der Waals surface area contributed by atoms with Crippen LogP contribution in [0.15, 0.2) is 30.4 Å². The van der Waals surface area contributed by atoms with Gasteiger partial charge in [-0.25, -0.2) is 4.39 Å². The fraction of sp³-hybridized carbons (Fsp3) is 0.600. The number of ether oxygens (including phenoxy) is 5. The maximum absolute atomic E-state index is 13.8. The molecule has 0 spiro atoms. The third-order valence-electron chi connectivity index (χ3n) is 4.68. The third kappa shape index (κ3) is 5.94. The van der Waals surface area contributed by atoms with Gasteiger partial charge in [0.1, 0.15) is 0 Å². The minimum Gasteiger partial charge on any atom is -0.432 e. The Morgan fingerprint density at radius 2 is 1.79 bits per heavy atom. The van der Waals surface area contributed by atoms with Crippen LogP contribution < -0.4 is 4.74 Å². The lowest BCUT2D eigenvalue weighted by molar-refractivity contribution is -0.217. The zero-order valence-corrected chi connectivity index (χ0v) is 15.7. The molecule has 2 aliphatic heterocycles. The number of rotatable bonds is 7. The van der Waals surface area contributed by atoms with Gasteiger partial charge < -0.3 is 23.7 Å². The van der Waals surface area contributed by atoms with Gasteiger partial charge in [-0.3, -0.25) is 0 Å². The number of allylic oxidation sites excluding steroid dienone is 1. The average molecular weight is 402 g/mol. The van der Waals surface area contributed by atoms with E-state index >= 15 is 0 Å². The van der Waals surface area contributed by atoms with E-state index in [2.05, 4.69) is 10.8 Å². The van der Waals surface area contributed by atoms with Crippen molar-refractivity contribution in [2.24, 2.45) is 11.8 Å². The van der Waals surface area contributed by atoms with Crippen molar-refractivity contribution in [2.45, 2.75) is 39.0 Å². The second kappa shape index (κ2) is 10.2. The lowest BCUT2D eigenvalue weighted by Crippen LogP contribution is -2.33. The monoisotopic (exact) mass is 402 g/mol. The minimum atomic E-state index is -3.07. The molecule has 2 aliphatic rings. The van der Waals surface area contributed by atoms with Crippen molar-refractivity contribution in [3.63, 3.8) is 0 Å². The van der Waals surface area contributed by atoms with Crippen molar-refractivity contribution < 1.29 is 36.9 Å². The van der Waals surface area contributed by atoms with Crippen LogP contribution in [0.3, 0.4) is 0 Å². The van der Waals surface area contributed by atoms with Gasteiger partial charge >= 0.3 is 6.61 Å². The standard InChI is InChI=1S/C20H25F3O5/c1-2-3-13-9-24-18(25-10-13)7-4-14-11-26-19(27-12-14)15-5-6-17(16(21)8-15)28-20(22)23/h2-3,5-6,8,13-14,18-20H,4,7,9-12H2,1H3/b3-2+. The quantitative estimate of drug-likeness (QED) is 0.632. The Morgan fingerprint density at radius 1 is 1.07 bits per heavy atom. The summed E-state index contributed by atoms with van der Waals surface area (Å²) in [5.74, 6) is -0.893. The van der Waals surface area contributed by atoms with Crippen LogP contribution in [0.25, 0.3) is 0 Å². The molecule has 0 amide bonds. The van der Waals surface area contributed by atoms with Crippen LogP contribution >= 0.6 is 0 Å². The Hall–Kier alpha value is -1.61. The summed E-state index contributed by atoms with van der Waals surface area (Å²) in [6.45, 7) is 1.12. The summed E-state index contributed by atoms with van der Waals surface area (Å²) in [5.41, 5.74) is 0.423. The lowest BCUT2D eigenvalue weighted by atomic mass is 10.0. The summed E-state index contributed by atoms with van der Waals surface area (Å²) < 4.78 is 65.1. The molecule has 5 nitrogen and oxygen atoms in total. The van der Waals surface area contributed by atoms with Gasteiger partial charge in [0.2, 0.25) is 0 Å². The SMILES string of the molecule is C/C=C/C1COC(CCC2COC(c3ccc(OC(F)F)c(F)c3)OC2)OC1. The molecular formula is C20H25F3O5. The van der Waals surface area contributed by atoms with Crippen molar-refractivity contribution in [1.29, 1.82) is 0 Å². The smallest absolute Gasteiger partial charge is 0.387 e. The molecule has 3 rings (SSSR count). The summed E-state index contributed by atoms with van der Waals surface area (Å²) in [5, 5.41) is 0. The molecule has 28 heavy (non-hydrogen) atoms. The Bertz CT molecular complexity index is 639. The average Bonchev–Trinajstić information content (AvgIpc) is 2.69. The molecule has 0 atom stereocenters. The molecule has 8 heteroatoms.